The van der Waals surface area contributed by atoms with Crippen molar-refractivity contribution in [2.24, 2.45) is 0 Å². The second-order valence-electron chi connectivity index (χ2n) is 9.08. The summed E-state index contributed by atoms with van der Waals surface area (Å²) in [5.74, 6) is -0.508. The minimum atomic E-state index is -0.917. The van der Waals surface area contributed by atoms with Crippen LogP contribution in [0.15, 0.2) is 48.5 Å². The Labute approximate surface area is 210 Å². The lowest BCUT2D eigenvalue weighted by atomic mass is 9.98. The molecule has 0 bridgehead atoms. The number of amides is 2. The molecule has 2 amide bonds. The zero-order valence-corrected chi connectivity index (χ0v) is 20.8. The smallest absolute Gasteiger partial charge is 0.407 e. The minimum absolute atomic E-state index is 0.0597. The second-order valence-corrected chi connectivity index (χ2v) is 10.1. The summed E-state index contributed by atoms with van der Waals surface area (Å²) >= 11 is 1.59. The lowest BCUT2D eigenvalue weighted by Crippen LogP contribution is -2.54. The van der Waals surface area contributed by atoms with Crippen LogP contribution >= 0.6 is 11.8 Å². The van der Waals surface area contributed by atoms with Crippen LogP contribution in [0.3, 0.4) is 0 Å². The Hall–Kier alpha value is -3.00. The van der Waals surface area contributed by atoms with Gasteiger partial charge in [-0.2, -0.15) is 11.8 Å². The van der Waals surface area contributed by atoms with E-state index in [4.69, 9.17) is 4.74 Å². The number of nitrogens with zero attached hydrogens (tertiary/aromatic N) is 1. The first-order valence-corrected chi connectivity index (χ1v) is 13.5. The number of benzene rings is 2. The molecule has 2 N–H and O–H groups in total. The summed E-state index contributed by atoms with van der Waals surface area (Å²) in [7, 11) is 0. The number of carbonyl (C=O) groups is 3. The highest BCUT2D eigenvalue weighted by molar-refractivity contribution is 7.98. The van der Waals surface area contributed by atoms with Crippen LogP contribution in [0.1, 0.15) is 49.1 Å². The molecule has 186 valence electrons. The first kappa shape index (κ1) is 25.1. The maximum absolute atomic E-state index is 13.4. The molecular weight excluding hydrogens is 464 g/mol. The summed E-state index contributed by atoms with van der Waals surface area (Å²) in [6.45, 7) is 0.688. The summed E-state index contributed by atoms with van der Waals surface area (Å²) in [6, 6.07) is 15.2. The van der Waals surface area contributed by atoms with Crippen molar-refractivity contribution in [2.45, 2.75) is 50.1 Å². The highest BCUT2D eigenvalue weighted by atomic mass is 32.2. The molecule has 7 nitrogen and oxygen atoms in total. The molecule has 1 aliphatic carbocycles. The Kier molecular flexibility index (Phi) is 8.33. The van der Waals surface area contributed by atoms with E-state index in [9.17, 15) is 19.5 Å². The van der Waals surface area contributed by atoms with Gasteiger partial charge in [-0.15, -0.1) is 0 Å². The number of fused-ring (bicyclic) bond motifs is 3. The number of nitrogens with one attached hydrogen (secondary N) is 1. The van der Waals surface area contributed by atoms with Gasteiger partial charge >= 0.3 is 12.1 Å². The van der Waals surface area contributed by atoms with Crippen LogP contribution in [0.2, 0.25) is 0 Å². The maximum atomic E-state index is 13.4. The molecule has 0 aromatic heterocycles. The quantitative estimate of drug-likeness (QED) is 0.531. The summed E-state index contributed by atoms with van der Waals surface area (Å²) in [4.78, 5) is 39.2. The monoisotopic (exact) mass is 496 g/mol. The Balaban J connectivity index is 1.43. The molecule has 8 heteroatoms. The number of hydrogen-bond donors (Lipinski definition) is 2. The molecule has 1 heterocycles. The van der Waals surface area contributed by atoms with E-state index in [1.807, 2.05) is 30.5 Å². The van der Waals surface area contributed by atoms with Crippen molar-refractivity contribution < 1.29 is 24.2 Å². The molecule has 2 aromatic rings. The molecule has 0 radical (unpaired) electrons. The third-order valence-electron chi connectivity index (χ3n) is 6.86. The van der Waals surface area contributed by atoms with E-state index in [0.717, 1.165) is 35.1 Å². The molecule has 35 heavy (non-hydrogen) atoms. The lowest BCUT2D eigenvalue weighted by molar-refractivity contribution is -0.142. The van der Waals surface area contributed by atoms with E-state index < -0.39 is 18.1 Å². The summed E-state index contributed by atoms with van der Waals surface area (Å²) in [5.41, 5.74) is 4.56. The van der Waals surface area contributed by atoms with Crippen molar-refractivity contribution in [2.75, 3.05) is 25.2 Å². The Morgan fingerprint density at radius 3 is 2.37 bits per heavy atom. The van der Waals surface area contributed by atoms with Crippen LogP contribution in [-0.2, 0) is 14.3 Å². The average molecular weight is 497 g/mol. The van der Waals surface area contributed by atoms with Gasteiger partial charge < -0.3 is 20.1 Å². The average Bonchev–Trinajstić information content (AvgIpc) is 3.18. The molecule has 2 atom stereocenters. The molecule has 1 aliphatic heterocycles. The van der Waals surface area contributed by atoms with Crippen molar-refractivity contribution in [3.05, 3.63) is 59.7 Å². The SMILES string of the molecule is CSCC[C@@H](NC(=O)OCC1c2ccccc2-c2ccccc21)C(=O)N1CCCC[C@@H]1CC(=O)O. The van der Waals surface area contributed by atoms with E-state index in [1.54, 1.807) is 16.7 Å². The largest absolute Gasteiger partial charge is 0.481 e. The van der Waals surface area contributed by atoms with Gasteiger partial charge in [0.1, 0.15) is 12.6 Å². The van der Waals surface area contributed by atoms with Crippen LogP contribution in [0.5, 0.6) is 0 Å². The van der Waals surface area contributed by atoms with Crippen molar-refractivity contribution in [3.8, 4) is 11.1 Å². The predicted molar refractivity (Wildman–Crippen MR) is 137 cm³/mol. The molecule has 4 rings (SSSR count). The van der Waals surface area contributed by atoms with Crippen molar-refractivity contribution in [1.29, 1.82) is 0 Å². The third-order valence-corrected chi connectivity index (χ3v) is 7.51. The van der Waals surface area contributed by atoms with Crippen molar-refractivity contribution >= 4 is 29.7 Å². The predicted octanol–water partition coefficient (Wildman–Crippen LogP) is 4.50. The normalized spacial score (nSPS) is 17.9. The number of likely N-dealkylation sites (tertiary alicyclic amines) is 1. The topological polar surface area (TPSA) is 95.9 Å². The van der Waals surface area contributed by atoms with Gasteiger partial charge in [0.05, 0.1) is 6.42 Å². The van der Waals surface area contributed by atoms with Gasteiger partial charge in [-0.3, -0.25) is 9.59 Å². The maximum Gasteiger partial charge on any atom is 0.407 e. The number of ether oxygens (including phenoxy) is 1. The first-order valence-electron chi connectivity index (χ1n) is 12.1. The van der Waals surface area contributed by atoms with Gasteiger partial charge in [0, 0.05) is 18.5 Å². The van der Waals surface area contributed by atoms with E-state index in [0.29, 0.717) is 25.1 Å². The number of alkyl carbamates (subject to hydrolysis) is 1. The van der Waals surface area contributed by atoms with Gasteiger partial charge in [-0.05, 0) is 59.9 Å². The molecule has 0 saturated carbocycles. The number of rotatable bonds is 9. The fraction of sp³-hybridized carbons (Fsp3) is 0.444. The summed E-state index contributed by atoms with van der Waals surface area (Å²) in [6.07, 6.45) is 4.10. The molecular formula is C27H32N2O5S. The van der Waals surface area contributed by atoms with Gasteiger partial charge in [0.2, 0.25) is 5.91 Å². The molecule has 0 spiro atoms. The zero-order valence-electron chi connectivity index (χ0n) is 19.9. The number of aliphatic carboxylic acids is 1. The Morgan fingerprint density at radius 2 is 1.74 bits per heavy atom. The van der Waals surface area contributed by atoms with Crippen molar-refractivity contribution in [3.63, 3.8) is 0 Å². The lowest BCUT2D eigenvalue weighted by Gasteiger charge is -2.37. The van der Waals surface area contributed by atoms with Crippen LogP contribution < -0.4 is 5.32 Å². The number of carboxylic acids is 1. The van der Waals surface area contributed by atoms with Crippen LogP contribution in [-0.4, -0.2) is 65.2 Å². The number of carboxylic acid groups (broad SMARTS) is 1. The fourth-order valence-corrected chi connectivity index (χ4v) is 5.65. The molecule has 1 saturated heterocycles. The Bertz CT molecular complexity index is 1030. The molecule has 1 fully saturated rings. The minimum Gasteiger partial charge on any atom is -0.481 e. The number of hydrogen-bond acceptors (Lipinski definition) is 5. The summed E-state index contributed by atoms with van der Waals surface area (Å²) in [5, 5.41) is 12.1. The van der Waals surface area contributed by atoms with Crippen molar-refractivity contribution in [1.82, 2.24) is 10.2 Å². The van der Waals surface area contributed by atoms with Crippen LogP contribution in [0.4, 0.5) is 4.79 Å². The standard InChI is InChI=1S/C27H32N2O5S/c1-35-15-13-24(26(32)29-14-7-6-8-18(29)16-25(30)31)28-27(33)34-17-23-21-11-4-2-9-19(21)20-10-3-5-12-22(20)23/h2-5,9-12,18,23-24H,6-8,13-17H2,1H3,(H,28,33)(H,30,31)/t18-,24-/m1/s1. The number of carbonyl (C=O) groups excluding carboxylic acids is 2. The fourth-order valence-electron chi connectivity index (χ4n) is 5.18. The van der Waals surface area contributed by atoms with E-state index in [-0.39, 0.29) is 30.9 Å². The number of thioether (sulfide) groups is 1. The van der Waals surface area contributed by atoms with E-state index in [2.05, 4.69) is 29.6 Å². The van der Waals surface area contributed by atoms with Crippen LogP contribution in [0, 0.1) is 0 Å². The summed E-state index contributed by atoms with van der Waals surface area (Å²) < 4.78 is 5.66. The van der Waals surface area contributed by atoms with Gasteiger partial charge in [-0.1, -0.05) is 48.5 Å². The van der Waals surface area contributed by atoms with Gasteiger partial charge in [0.15, 0.2) is 0 Å². The number of piperidine rings is 1. The molecule has 2 aliphatic rings. The highest BCUT2D eigenvalue weighted by Gasteiger charge is 2.34. The zero-order chi connectivity index (χ0) is 24.8. The van der Waals surface area contributed by atoms with E-state index in [1.165, 1.54) is 0 Å². The van der Waals surface area contributed by atoms with Crippen LogP contribution in [0.25, 0.3) is 11.1 Å². The molecule has 2 aromatic carbocycles. The first-order chi connectivity index (χ1) is 17.0. The highest BCUT2D eigenvalue weighted by Crippen LogP contribution is 2.44. The molecule has 0 unspecified atom stereocenters. The second kappa shape index (κ2) is 11.6. The Morgan fingerprint density at radius 1 is 1.09 bits per heavy atom. The van der Waals surface area contributed by atoms with E-state index >= 15 is 0 Å². The van der Waals surface area contributed by atoms with Gasteiger partial charge in [0.25, 0.3) is 0 Å². The third kappa shape index (κ3) is 5.81. The van der Waals surface area contributed by atoms with Gasteiger partial charge in [-0.25, -0.2) is 4.79 Å².